The Morgan fingerprint density at radius 3 is 2.38 bits per heavy atom. The molecule has 1 N–H and O–H groups in total. The minimum absolute atomic E-state index is 0.166. The molecule has 1 amide bonds. The van der Waals surface area contributed by atoms with Crippen molar-refractivity contribution in [3.8, 4) is 11.4 Å². The van der Waals surface area contributed by atoms with Gasteiger partial charge in [-0.05, 0) is 22.3 Å². The summed E-state index contributed by atoms with van der Waals surface area (Å²) in [6.07, 6.45) is 0. The highest BCUT2D eigenvalue weighted by atomic mass is 16.5. The zero-order valence-corrected chi connectivity index (χ0v) is 16.7. The lowest BCUT2D eigenvalue weighted by molar-refractivity contribution is 0.0882. The van der Waals surface area contributed by atoms with Gasteiger partial charge >= 0.3 is 0 Å². The Labute approximate surface area is 169 Å². The van der Waals surface area contributed by atoms with Crippen LogP contribution in [0.3, 0.4) is 0 Å². The van der Waals surface area contributed by atoms with Crippen molar-refractivity contribution >= 4 is 16.7 Å². The summed E-state index contributed by atoms with van der Waals surface area (Å²) in [4.78, 5) is 17.7. The van der Waals surface area contributed by atoms with Gasteiger partial charge in [0.2, 0.25) is 11.7 Å². The Balaban J connectivity index is 1.66. The molecule has 29 heavy (non-hydrogen) atoms. The molecule has 4 aromatic rings. The van der Waals surface area contributed by atoms with Gasteiger partial charge in [0.25, 0.3) is 5.91 Å². The summed E-state index contributed by atoms with van der Waals surface area (Å²) in [6.45, 7) is 6.11. The van der Waals surface area contributed by atoms with Crippen molar-refractivity contribution in [2.45, 2.75) is 26.8 Å². The van der Waals surface area contributed by atoms with E-state index in [9.17, 15) is 4.79 Å². The van der Waals surface area contributed by atoms with Crippen LogP contribution in [0.15, 0.2) is 77.3 Å². The zero-order chi connectivity index (χ0) is 20.4. The molecule has 3 aromatic carbocycles. The van der Waals surface area contributed by atoms with Crippen LogP contribution < -0.4 is 5.32 Å². The van der Waals surface area contributed by atoms with Gasteiger partial charge in [-0.3, -0.25) is 4.79 Å². The van der Waals surface area contributed by atoms with Gasteiger partial charge in [0.1, 0.15) is 6.04 Å². The molecule has 0 aliphatic carbocycles. The van der Waals surface area contributed by atoms with Gasteiger partial charge in [0.15, 0.2) is 0 Å². The summed E-state index contributed by atoms with van der Waals surface area (Å²) >= 11 is 0. The van der Waals surface area contributed by atoms with Gasteiger partial charge < -0.3 is 9.84 Å². The molecular weight excluding hydrogens is 362 g/mol. The Hall–Kier alpha value is -3.47. The highest BCUT2D eigenvalue weighted by Gasteiger charge is 2.33. The first-order chi connectivity index (χ1) is 13.9. The Morgan fingerprint density at radius 1 is 0.931 bits per heavy atom. The van der Waals surface area contributed by atoms with Crippen molar-refractivity contribution in [3.05, 3.63) is 84.3 Å². The molecular formula is C24H23N3O2. The maximum atomic E-state index is 13.2. The molecule has 0 saturated carbocycles. The summed E-state index contributed by atoms with van der Waals surface area (Å²) < 4.78 is 5.56. The Kier molecular flexibility index (Phi) is 4.89. The molecule has 0 aliphatic rings. The van der Waals surface area contributed by atoms with E-state index in [0.29, 0.717) is 17.3 Å². The minimum Gasteiger partial charge on any atom is -0.340 e. The SMILES string of the molecule is CC(C)(C)[C@@H](NC(=O)c1cccc2ccccc12)c1nc(-c2ccccc2)no1. The summed E-state index contributed by atoms with van der Waals surface area (Å²) in [5.41, 5.74) is 1.18. The molecule has 0 aliphatic heterocycles. The fraction of sp³-hybridized carbons (Fsp3) is 0.208. The molecule has 0 unspecified atom stereocenters. The number of nitrogens with one attached hydrogen (secondary N) is 1. The van der Waals surface area contributed by atoms with Gasteiger partial charge in [0, 0.05) is 11.1 Å². The van der Waals surface area contributed by atoms with E-state index in [1.54, 1.807) is 0 Å². The number of nitrogens with zero attached hydrogens (tertiary/aromatic N) is 2. The van der Waals surface area contributed by atoms with Crippen LogP contribution in [0, 0.1) is 5.41 Å². The fourth-order valence-electron chi connectivity index (χ4n) is 3.34. The summed E-state index contributed by atoms with van der Waals surface area (Å²) in [5, 5.41) is 9.16. The van der Waals surface area contributed by atoms with E-state index in [1.807, 2.05) is 93.6 Å². The average molecular weight is 385 g/mol. The van der Waals surface area contributed by atoms with E-state index in [4.69, 9.17) is 4.52 Å². The molecule has 1 aromatic heterocycles. The van der Waals surface area contributed by atoms with Gasteiger partial charge in [0.05, 0.1) is 0 Å². The molecule has 0 saturated heterocycles. The molecule has 0 fully saturated rings. The van der Waals surface area contributed by atoms with Crippen LogP contribution >= 0.6 is 0 Å². The van der Waals surface area contributed by atoms with Crippen LogP contribution in [0.2, 0.25) is 0 Å². The number of benzene rings is 3. The van der Waals surface area contributed by atoms with E-state index in [2.05, 4.69) is 15.5 Å². The molecule has 146 valence electrons. The normalized spacial score (nSPS) is 12.7. The molecule has 1 atom stereocenters. The van der Waals surface area contributed by atoms with E-state index >= 15 is 0 Å². The van der Waals surface area contributed by atoms with Gasteiger partial charge in [-0.15, -0.1) is 0 Å². The quantitative estimate of drug-likeness (QED) is 0.510. The van der Waals surface area contributed by atoms with E-state index in [1.165, 1.54) is 0 Å². The first-order valence-electron chi connectivity index (χ1n) is 9.61. The largest absolute Gasteiger partial charge is 0.340 e. The second-order valence-electron chi connectivity index (χ2n) is 8.12. The lowest BCUT2D eigenvalue weighted by atomic mass is 9.86. The van der Waals surface area contributed by atoms with Crippen LogP contribution in [-0.2, 0) is 0 Å². The van der Waals surface area contributed by atoms with Crippen molar-refractivity contribution < 1.29 is 9.32 Å². The van der Waals surface area contributed by atoms with E-state index < -0.39 is 6.04 Å². The second-order valence-corrected chi connectivity index (χ2v) is 8.12. The number of hydrogen-bond donors (Lipinski definition) is 1. The number of rotatable bonds is 4. The van der Waals surface area contributed by atoms with E-state index in [0.717, 1.165) is 16.3 Å². The molecule has 0 bridgehead atoms. The van der Waals surface area contributed by atoms with Crippen molar-refractivity contribution in [1.82, 2.24) is 15.5 Å². The first kappa shape index (κ1) is 18.9. The number of fused-ring (bicyclic) bond motifs is 1. The first-order valence-corrected chi connectivity index (χ1v) is 9.61. The number of carbonyl (C=O) groups is 1. The minimum atomic E-state index is -0.432. The smallest absolute Gasteiger partial charge is 0.252 e. The van der Waals surface area contributed by atoms with Crippen molar-refractivity contribution in [1.29, 1.82) is 0 Å². The lowest BCUT2D eigenvalue weighted by Gasteiger charge is -2.28. The maximum Gasteiger partial charge on any atom is 0.252 e. The second kappa shape index (κ2) is 7.51. The predicted octanol–water partition coefficient (Wildman–Crippen LogP) is 5.41. The van der Waals surface area contributed by atoms with Crippen molar-refractivity contribution in [3.63, 3.8) is 0 Å². The predicted molar refractivity (Wildman–Crippen MR) is 113 cm³/mol. The Morgan fingerprint density at radius 2 is 1.62 bits per heavy atom. The van der Waals surface area contributed by atoms with Gasteiger partial charge in [-0.1, -0.05) is 92.7 Å². The monoisotopic (exact) mass is 385 g/mol. The third kappa shape index (κ3) is 3.90. The van der Waals surface area contributed by atoms with Gasteiger partial charge in [-0.2, -0.15) is 4.98 Å². The van der Waals surface area contributed by atoms with Crippen LogP contribution in [0.25, 0.3) is 22.2 Å². The molecule has 5 nitrogen and oxygen atoms in total. The summed E-state index contributed by atoms with van der Waals surface area (Å²) in [7, 11) is 0. The number of carbonyl (C=O) groups excluding carboxylic acids is 1. The third-order valence-electron chi connectivity index (χ3n) is 4.90. The number of amides is 1. The van der Waals surface area contributed by atoms with Gasteiger partial charge in [-0.25, -0.2) is 0 Å². The Bertz CT molecular complexity index is 1140. The van der Waals surface area contributed by atoms with E-state index in [-0.39, 0.29) is 11.3 Å². The average Bonchev–Trinajstić information content (AvgIpc) is 3.21. The van der Waals surface area contributed by atoms with Crippen LogP contribution in [0.1, 0.15) is 43.1 Å². The molecule has 0 radical (unpaired) electrons. The van der Waals surface area contributed by atoms with Crippen molar-refractivity contribution in [2.75, 3.05) is 0 Å². The standard InChI is InChI=1S/C24H23N3O2/c1-24(2,3)20(23-26-21(27-29-23)17-11-5-4-6-12-17)25-22(28)19-15-9-13-16-10-7-8-14-18(16)19/h4-15,20H,1-3H3,(H,25,28)/t20-/m0/s1. The van der Waals surface area contributed by atoms with Crippen LogP contribution in [-0.4, -0.2) is 16.0 Å². The number of hydrogen-bond acceptors (Lipinski definition) is 4. The highest BCUT2D eigenvalue weighted by Crippen LogP contribution is 2.33. The summed E-state index contributed by atoms with van der Waals surface area (Å²) in [6, 6.07) is 22.8. The number of aromatic nitrogens is 2. The highest BCUT2D eigenvalue weighted by molar-refractivity contribution is 6.07. The van der Waals surface area contributed by atoms with Crippen LogP contribution in [0.4, 0.5) is 0 Å². The molecule has 4 rings (SSSR count). The maximum absolute atomic E-state index is 13.2. The fourth-order valence-corrected chi connectivity index (χ4v) is 3.34. The molecule has 1 heterocycles. The molecule has 0 spiro atoms. The van der Waals surface area contributed by atoms with Crippen LogP contribution in [0.5, 0.6) is 0 Å². The topological polar surface area (TPSA) is 68.0 Å². The zero-order valence-electron chi connectivity index (χ0n) is 16.7. The summed E-state index contributed by atoms with van der Waals surface area (Å²) in [5.74, 6) is 0.736. The van der Waals surface area contributed by atoms with Crippen molar-refractivity contribution in [2.24, 2.45) is 5.41 Å². The lowest BCUT2D eigenvalue weighted by Crippen LogP contribution is -2.37. The third-order valence-corrected chi connectivity index (χ3v) is 4.90. The molecule has 5 heteroatoms.